The molecule has 0 spiro atoms. The molecule has 8 heteroatoms. The number of aromatic nitrogens is 4. The predicted molar refractivity (Wildman–Crippen MR) is 76.0 cm³/mol. The van der Waals surface area contributed by atoms with Crippen molar-refractivity contribution < 1.29 is 5.11 Å². The number of rotatable bonds is 5. The van der Waals surface area contributed by atoms with Gasteiger partial charge in [0, 0.05) is 20.6 Å². The van der Waals surface area contributed by atoms with Crippen molar-refractivity contribution in [2.75, 3.05) is 11.9 Å². The van der Waals surface area contributed by atoms with Crippen LogP contribution < -0.4 is 16.6 Å². The van der Waals surface area contributed by atoms with E-state index in [1.807, 2.05) is 6.92 Å². The molecule has 2 rings (SSSR count). The molecule has 1 atom stereocenters. The van der Waals surface area contributed by atoms with E-state index >= 15 is 0 Å². The van der Waals surface area contributed by atoms with Gasteiger partial charge in [-0.05, 0) is 12.8 Å². The minimum Gasteiger partial charge on any atom is -0.393 e. The maximum atomic E-state index is 12.0. The van der Waals surface area contributed by atoms with Gasteiger partial charge in [-0.3, -0.25) is 13.9 Å². The molecule has 0 aliphatic heterocycles. The van der Waals surface area contributed by atoms with E-state index in [9.17, 15) is 14.7 Å². The Morgan fingerprint density at radius 1 is 1.35 bits per heavy atom. The van der Waals surface area contributed by atoms with Crippen LogP contribution in [-0.2, 0) is 14.1 Å². The molecular weight excluding hydrogens is 262 g/mol. The minimum atomic E-state index is -0.415. The summed E-state index contributed by atoms with van der Waals surface area (Å²) in [6.07, 6.45) is 0.922. The van der Waals surface area contributed by atoms with Crippen molar-refractivity contribution in [1.29, 1.82) is 0 Å². The SMILES string of the molecule is CCC(O)CCNc1nc2c([nH]1)c(=O)n(C)c(=O)n2C. The first-order chi connectivity index (χ1) is 9.45. The van der Waals surface area contributed by atoms with E-state index in [-0.39, 0.29) is 11.6 Å². The lowest BCUT2D eigenvalue weighted by atomic mass is 10.2. The molecule has 2 aromatic heterocycles. The van der Waals surface area contributed by atoms with Crippen LogP contribution in [0.15, 0.2) is 9.59 Å². The van der Waals surface area contributed by atoms with Gasteiger partial charge in [-0.25, -0.2) is 4.79 Å². The summed E-state index contributed by atoms with van der Waals surface area (Å²) in [6.45, 7) is 2.44. The Labute approximate surface area is 115 Å². The van der Waals surface area contributed by atoms with E-state index in [0.717, 1.165) is 4.57 Å². The van der Waals surface area contributed by atoms with Gasteiger partial charge in [-0.2, -0.15) is 4.98 Å². The zero-order valence-electron chi connectivity index (χ0n) is 11.8. The fourth-order valence-electron chi connectivity index (χ4n) is 1.97. The van der Waals surface area contributed by atoms with Crippen LogP contribution in [0.2, 0.25) is 0 Å². The molecule has 0 radical (unpaired) electrons. The third-order valence-electron chi connectivity index (χ3n) is 3.34. The predicted octanol–water partition coefficient (Wildman–Crippen LogP) is -0.467. The average molecular weight is 281 g/mol. The molecule has 0 saturated carbocycles. The van der Waals surface area contributed by atoms with Crippen LogP contribution in [0.4, 0.5) is 5.95 Å². The molecule has 1 unspecified atom stereocenters. The first-order valence-corrected chi connectivity index (χ1v) is 6.53. The molecule has 3 N–H and O–H groups in total. The number of aliphatic hydroxyl groups is 1. The van der Waals surface area contributed by atoms with Crippen LogP contribution in [-0.4, -0.2) is 36.9 Å². The fourth-order valence-corrected chi connectivity index (χ4v) is 1.97. The highest BCUT2D eigenvalue weighted by atomic mass is 16.3. The van der Waals surface area contributed by atoms with Crippen molar-refractivity contribution in [1.82, 2.24) is 19.1 Å². The van der Waals surface area contributed by atoms with Crippen molar-refractivity contribution in [2.45, 2.75) is 25.9 Å². The van der Waals surface area contributed by atoms with Gasteiger partial charge >= 0.3 is 5.69 Å². The highest BCUT2D eigenvalue weighted by molar-refractivity contribution is 5.72. The topological polar surface area (TPSA) is 105 Å². The molecule has 20 heavy (non-hydrogen) atoms. The van der Waals surface area contributed by atoms with E-state index < -0.39 is 11.2 Å². The molecule has 0 amide bonds. The molecule has 0 aliphatic rings. The van der Waals surface area contributed by atoms with E-state index in [4.69, 9.17) is 0 Å². The van der Waals surface area contributed by atoms with Crippen LogP contribution in [0.5, 0.6) is 0 Å². The quantitative estimate of drug-likeness (QED) is 0.687. The van der Waals surface area contributed by atoms with Gasteiger partial charge < -0.3 is 15.4 Å². The number of aliphatic hydroxyl groups excluding tert-OH is 1. The molecule has 0 bridgehead atoms. The summed E-state index contributed by atoms with van der Waals surface area (Å²) in [5.74, 6) is 0.418. The molecule has 0 fully saturated rings. The van der Waals surface area contributed by atoms with Crippen molar-refractivity contribution in [3.05, 3.63) is 20.8 Å². The smallest absolute Gasteiger partial charge is 0.332 e. The van der Waals surface area contributed by atoms with Gasteiger partial charge in [-0.1, -0.05) is 6.92 Å². The normalized spacial score (nSPS) is 12.8. The first kappa shape index (κ1) is 14.3. The van der Waals surface area contributed by atoms with Crippen LogP contribution in [0.3, 0.4) is 0 Å². The van der Waals surface area contributed by atoms with Crippen LogP contribution in [0.25, 0.3) is 11.2 Å². The second kappa shape index (κ2) is 5.49. The summed E-state index contributed by atoms with van der Waals surface area (Å²) in [7, 11) is 2.99. The highest BCUT2D eigenvalue weighted by Gasteiger charge is 2.13. The summed E-state index contributed by atoms with van der Waals surface area (Å²) in [6, 6.07) is 0. The maximum Gasteiger partial charge on any atom is 0.332 e. The summed E-state index contributed by atoms with van der Waals surface area (Å²) in [4.78, 5) is 30.8. The maximum absolute atomic E-state index is 12.0. The Morgan fingerprint density at radius 2 is 2.05 bits per heavy atom. The number of hydrogen-bond donors (Lipinski definition) is 3. The number of H-pyrrole nitrogens is 1. The zero-order chi connectivity index (χ0) is 14.9. The number of hydrogen-bond acceptors (Lipinski definition) is 5. The van der Waals surface area contributed by atoms with E-state index in [1.54, 1.807) is 7.05 Å². The number of imidazole rings is 1. The largest absolute Gasteiger partial charge is 0.393 e. The summed E-state index contributed by atoms with van der Waals surface area (Å²) >= 11 is 0. The van der Waals surface area contributed by atoms with Gasteiger partial charge in [0.2, 0.25) is 5.95 Å². The lowest BCUT2D eigenvalue weighted by Crippen LogP contribution is -2.36. The number of aromatic amines is 1. The third kappa shape index (κ3) is 2.46. The second-order valence-electron chi connectivity index (χ2n) is 4.77. The number of nitrogens with zero attached hydrogens (tertiary/aromatic N) is 3. The second-order valence-corrected chi connectivity index (χ2v) is 4.77. The molecule has 2 aromatic rings. The van der Waals surface area contributed by atoms with Crippen molar-refractivity contribution in [3.8, 4) is 0 Å². The number of nitrogens with one attached hydrogen (secondary N) is 2. The van der Waals surface area contributed by atoms with Crippen LogP contribution in [0, 0.1) is 0 Å². The highest BCUT2D eigenvalue weighted by Crippen LogP contribution is 2.08. The lowest BCUT2D eigenvalue weighted by Gasteiger charge is -2.07. The molecule has 0 aliphatic carbocycles. The number of aryl methyl sites for hydroxylation is 1. The fraction of sp³-hybridized carbons (Fsp3) is 0.583. The zero-order valence-corrected chi connectivity index (χ0v) is 11.8. The summed E-state index contributed by atoms with van der Waals surface area (Å²) < 4.78 is 2.35. The van der Waals surface area contributed by atoms with Crippen molar-refractivity contribution in [2.24, 2.45) is 14.1 Å². The molecule has 2 heterocycles. The Kier molecular flexibility index (Phi) is 3.93. The Balaban J connectivity index is 2.30. The van der Waals surface area contributed by atoms with E-state index in [0.29, 0.717) is 31.0 Å². The Bertz CT molecular complexity index is 727. The van der Waals surface area contributed by atoms with E-state index in [1.165, 1.54) is 11.6 Å². The van der Waals surface area contributed by atoms with Crippen LogP contribution >= 0.6 is 0 Å². The number of fused-ring (bicyclic) bond motifs is 1. The Hall–Kier alpha value is -2.09. The van der Waals surface area contributed by atoms with Gasteiger partial charge in [0.25, 0.3) is 5.56 Å². The molecular formula is C12H19N5O3. The first-order valence-electron chi connectivity index (χ1n) is 6.53. The molecule has 8 nitrogen and oxygen atoms in total. The molecule has 0 aromatic carbocycles. The number of anilines is 1. The van der Waals surface area contributed by atoms with Crippen molar-refractivity contribution >= 4 is 17.1 Å². The van der Waals surface area contributed by atoms with Gasteiger partial charge in [0.15, 0.2) is 11.2 Å². The van der Waals surface area contributed by atoms with Crippen LogP contribution in [0.1, 0.15) is 19.8 Å². The molecule has 0 saturated heterocycles. The van der Waals surface area contributed by atoms with Gasteiger partial charge in [0.1, 0.15) is 0 Å². The minimum absolute atomic E-state index is 0.285. The average Bonchev–Trinajstić information content (AvgIpc) is 2.87. The monoisotopic (exact) mass is 281 g/mol. The van der Waals surface area contributed by atoms with E-state index in [2.05, 4.69) is 15.3 Å². The van der Waals surface area contributed by atoms with Crippen molar-refractivity contribution in [3.63, 3.8) is 0 Å². The van der Waals surface area contributed by atoms with Gasteiger partial charge in [-0.15, -0.1) is 0 Å². The van der Waals surface area contributed by atoms with Gasteiger partial charge in [0.05, 0.1) is 6.10 Å². The summed E-state index contributed by atoms with van der Waals surface area (Å²) in [5, 5.41) is 12.5. The lowest BCUT2D eigenvalue weighted by molar-refractivity contribution is 0.164. The molecule has 110 valence electrons. The summed E-state index contributed by atoms with van der Waals surface area (Å²) in [5.41, 5.74) is -0.219. The third-order valence-corrected chi connectivity index (χ3v) is 3.34. The Morgan fingerprint density at radius 3 is 2.70 bits per heavy atom. The standard InChI is InChI=1S/C12H19N5O3/c1-4-7(18)5-6-13-11-14-8-9(15-11)16(2)12(20)17(3)10(8)19/h7,18H,4-6H2,1-3H3,(H2,13,14,15).